The summed E-state index contributed by atoms with van der Waals surface area (Å²) >= 11 is 0. The molecule has 1 aliphatic heterocycles. The summed E-state index contributed by atoms with van der Waals surface area (Å²) in [6, 6.07) is 19.7. The molecule has 1 aliphatic carbocycles. The lowest BCUT2D eigenvalue weighted by Gasteiger charge is -2.50. The van der Waals surface area contributed by atoms with Crippen LogP contribution in [0.4, 0.5) is 0 Å². The van der Waals surface area contributed by atoms with E-state index in [4.69, 9.17) is 4.74 Å². The molecule has 2 aliphatic rings. The lowest BCUT2D eigenvalue weighted by atomic mass is 9.59. The zero-order chi connectivity index (χ0) is 17.3. The first-order chi connectivity index (χ1) is 12.2. The van der Waals surface area contributed by atoms with Crippen molar-refractivity contribution in [2.75, 3.05) is 27.2 Å². The average molecular weight is 333 g/mol. The van der Waals surface area contributed by atoms with Crippen LogP contribution in [0.3, 0.4) is 0 Å². The fourth-order valence-corrected chi connectivity index (χ4v) is 4.75. The largest absolute Gasteiger partial charge is 0.497 e. The standard InChI is InChI=1S/C23H27NO/c1-24-14-13-23(20-9-6-10-22(15-20)25-2)16-19(11-12-21(23)17-24)18-7-4-3-5-8-18/h3-11,15,21H,12-14,16-17H2,1-2H3/t21-,23+/m1/s1. The average Bonchev–Trinajstić information content (AvgIpc) is 2.68. The van der Waals surface area contributed by atoms with Crippen LogP contribution in [0.25, 0.3) is 5.57 Å². The van der Waals surface area contributed by atoms with Crippen molar-refractivity contribution in [1.82, 2.24) is 4.90 Å². The Morgan fingerprint density at radius 2 is 1.92 bits per heavy atom. The van der Waals surface area contributed by atoms with E-state index in [0.717, 1.165) is 25.1 Å². The molecule has 1 fully saturated rings. The number of rotatable bonds is 3. The summed E-state index contributed by atoms with van der Waals surface area (Å²) in [5.74, 6) is 1.64. The number of nitrogens with zero attached hydrogens (tertiary/aromatic N) is 1. The lowest BCUT2D eigenvalue weighted by Crippen LogP contribution is -2.49. The Morgan fingerprint density at radius 1 is 1.08 bits per heavy atom. The SMILES string of the molecule is COc1cccc([C@@]23CCN(C)C[C@H]2CC=C(c2ccccc2)C3)c1. The summed E-state index contributed by atoms with van der Waals surface area (Å²) in [4.78, 5) is 2.49. The van der Waals surface area contributed by atoms with Gasteiger partial charge in [-0.2, -0.15) is 0 Å². The third-order valence-electron chi connectivity index (χ3n) is 6.20. The molecule has 2 aromatic rings. The summed E-state index contributed by atoms with van der Waals surface area (Å²) in [6.45, 7) is 2.34. The van der Waals surface area contributed by atoms with Crippen LogP contribution < -0.4 is 4.74 Å². The summed E-state index contributed by atoms with van der Waals surface area (Å²) in [5.41, 5.74) is 4.55. The fourth-order valence-electron chi connectivity index (χ4n) is 4.75. The van der Waals surface area contributed by atoms with E-state index in [1.54, 1.807) is 7.11 Å². The zero-order valence-electron chi connectivity index (χ0n) is 15.2. The maximum atomic E-state index is 5.53. The second-order valence-electron chi connectivity index (χ2n) is 7.61. The normalized spacial score (nSPS) is 26.6. The van der Waals surface area contributed by atoms with Gasteiger partial charge >= 0.3 is 0 Å². The van der Waals surface area contributed by atoms with Gasteiger partial charge < -0.3 is 9.64 Å². The second kappa shape index (κ2) is 6.68. The van der Waals surface area contributed by atoms with Gasteiger partial charge in [0.2, 0.25) is 0 Å². The fraction of sp³-hybridized carbons (Fsp3) is 0.391. The molecular weight excluding hydrogens is 306 g/mol. The molecule has 2 atom stereocenters. The predicted molar refractivity (Wildman–Crippen MR) is 104 cm³/mol. The van der Waals surface area contributed by atoms with Crippen molar-refractivity contribution in [2.45, 2.75) is 24.7 Å². The number of likely N-dealkylation sites (tertiary alicyclic amines) is 1. The first-order valence-electron chi connectivity index (χ1n) is 9.29. The van der Waals surface area contributed by atoms with Crippen LogP contribution in [-0.4, -0.2) is 32.1 Å². The van der Waals surface area contributed by atoms with Gasteiger partial charge in [-0.15, -0.1) is 0 Å². The van der Waals surface area contributed by atoms with Gasteiger partial charge in [0.25, 0.3) is 0 Å². The van der Waals surface area contributed by atoms with Gasteiger partial charge in [0.1, 0.15) is 5.75 Å². The number of allylic oxidation sites excluding steroid dienone is 2. The van der Waals surface area contributed by atoms with E-state index in [1.807, 2.05) is 0 Å². The van der Waals surface area contributed by atoms with Crippen LogP contribution in [-0.2, 0) is 5.41 Å². The van der Waals surface area contributed by atoms with Gasteiger partial charge in [0, 0.05) is 12.0 Å². The Kier molecular flexibility index (Phi) is 4.39. The van der Waals surface area contributed by atoms with Crippen LogP contribution in [0.15, 0.2) is 60.7 Å². The van der Waals surface area contributed by atoms with Crippen LogP contribution >= 0.6 is 0 Å². The zero-order valence-corrected chi connectivity index (χ0v) is 15.2. The van der Waals surface area contributed by atoms with E-state index in [-0.39, 0.29) is 5.41 Å². The molecule has 130 valence electrons. The summed E-state index contributed by atoms with van der Waals surface area (Å²) in [6.07, 6.45) is 5.98. The predicted octanol–water partition coefficient (Wildman–Crippen LogP) is 4.76. The molecule has 0 bridgehead atoms. The summed E-state index contributed by atoms with van der Waals surface area (Å²) in [5, 5.41) is 0. The minimum atomic E-state index is 0.223. The number of piperidine rings is 1. The Hall–Kier alpha value is -2.06. The molecule has 4 rings (SSSR count). The highest BCUT2D eigenvalue weighted by Gasteiger charge is 2.45. The quantitative estimate of drug-likeness (QED) is 0.803. The third-order valence-corrected chi connectivity index (χ3v) is 6.20. The molecule has 0 unspecified atom stereocenters. The highest BCUT2D eigenvalue weighted by molar-refractivity contribution is 5.68. The van der Waals surface area contributed by atoms with E-state index in [0.29, 0.717) is 5.92 Å². The van der Waals surface area contributed by atoms with Gasteiger partial charge in [0.15, 0.2) is 0 Å². The van der Waals surface area contributed by atoms with E-state index in [2.05, 4.69) is 72.6 Å². The second-order valence-corrected chi connectivity index (χ2v) is 7.61. The number of methoxy groups -OCH3 is 1. The smallest absolute Gasteiger partial charge is 0.119 e. The van der Waals surface area contributed by atoms with Gasteiger partial charge in [0.05, 0.1) is 7.11 Å². The molecule has 2 heteroatoms. The molecule has 0 saturated carbocycles. The van der Waals surface area contributed by atoms with Crippen molar-refractivity contribution >= 4 is 5.57 Å². The molecule has 0 radical (unpaired) electrons. The topological polar surface area (TPSA) is 12.5 Å². The van der Waals surface area contributed by atoms with E-state index in [1.165, 1.54) is 29.7 Å². The monoisotopic (exact) mass is 333 g/mol. The van der Waals surface area contributed by atoms with E-state index < -0.39 is 0 Å². The van der Waals surface area contributed by atoms with Crippen molar-refractivity contribution < 1.29 is 4.74 Å². The Bertz CT molecular complexity index is 767. The Morgan fingerprint density at radius 3 is 2.72 bits per heavy atom. The first-order valence-corrected chi connectivity index (χ1v) is 9.29. The van der Waals surface area contributed by atoms with Crippen LogP contribution in [0, 0.1) is 5.92 Å². The number of hydrogen-bond donors (Lipinski definition) is 0. The lowest BCUT2D eigenvalue weighted by molar-refractivity contribution is 0.108. The third kappa shape index (κ3) is 3.00. The van der Waals surface area contributed by atoms with Gasteiger partial charge in [-0.25, -0.2) is 0 Å². The molecule has 1 saturated heterocycles. The van der Waals surface area contributed by atoms with E-state index >= 15 is 0 Å². The van der Waals surface area contributed by atoms with Crippen LogP contribution in [0.1, 0.15) is 30.4 Å². The molecule has 0 amide bonds. The van der Waals surface area contributed by atoms with E-state index in [9.17, 15) is 0 Å². The summed E-state index contributed by atoms with van der Waals surface area (Å²) in [7, 11) is 4.02. The first kappa shape index (κ1) is 16.4. The van der Waals surface area contributed by atoms with Gasteiger partial charge in [-0.05, 0) is 67.6 Å². The molecule has 1 heterocycles. The highest BCUT2D eigenvalue weighted by Crippen LogP contribution is 2.51. The van der Waals surface area contributed by atoms with Crippen molar-refractivity contribution in [1.29, 1.82) is 0 Å². The maximum absolute atomic E-state index is 5.53. The van der Waals surface area contributed by atoms with Crippen molar-refractivity contribution in [3.8, 4) is 5.75 Å². The highest BCUT2D eigenvalue weighted by atomic mass is 16.5. The number of ether oxygens (including phenoxy) is 1. The Balaban J connectivity index is 1.76. The van der Waals surface area contributed by atoms with Crippen LogP contribution in [0.5, 0.6) is 5.75 Å². The molecule has 0 spiro atoms. The van der Waals surface area contributed by atoms with Gasteiger partial charge in [-0.1, -0.05) is 48.5 Å². The minimum absolute atomic E-state index is 0.223. The molecule has 0 N–H and O–H groups in total. The van der Waals surface area contributed by atoms with Crippen molar-refractivity contribution in [3.05, 3.63) is 71.8 Å². The van der Waals surface area contributed by atoms with Crippen LogP contribution in [0.2, 0.25) is 0 Å². The maximum Gasteiger partial charge on any atom is 0.119 e. The minimum Gasteiger partial charge on any atom is -0.497 e. The molecule has 25 heavy (non-hydrogen) atoms. The number of hydrogen-bond acceptors (Lipinski definition) is 2. The Labute approximate surface area is 151 Å². The van der Waals surface area contributed by atoms with Crippen molar-refractivity contribution in [2.24, 2.45) is 5.92 Å². The van der Waals surface area contributed by atoms with Gasteiger partial charge in [-0.3, -0.25) is 0 Å². The number of fused-ring (bicyclic) bond motifs is 1. The number of benzene rings is 2. The summed E-state index contributed by atoms with van der Waals surface area (Å²) < 4.78 is 5.53. The van der Waals surface area contributed by atoms with Crippen molar-refractivity contribution in [3.63, 3.8) is 0 Å². The molecule has 0 aromatic heterocycles. The molecular formula is C23H27NO. The molecule has 2 aromatic carbocycles. The molecule has 2 nitrogen and oxygen atoms in total.